The number of anilines is 1. The number of amides is 1. The normalized spacial score (nSPS) is 12.2. The molecule has 1 amide bonds. The maximum Gasteiger partial charge on any atom is 0.257 e. The van der Waals surface area contributed by atoms with E-state index < -0.39 is 0 Å². The van der Waals surface area contributed by atoms with Crippen molar-refractivity contribution in [1.82, 2.24) is 10.2 Å². The third-order valence-electron chi connectivity index (χ3n) is 3.37. The number of ether oxygens (including phenoxy) is 2. The number of rotatable bonds is 3. The highest BCUT2D eigenvalue weighted by Gasteiger charge is 2.16. The lowest BCUT2D eigenvalue weighted by Crippen LogP contribution is -2.11. The molecule has 24 heavy (non-hydrogen) atoms. The molecule has 1 N–H and O–H groups in total. The topological polar surface area (TPSA) is 73.3 Å². The number of carbonyl (C=O) groups excluding carboxylic acids is 1. The van der Waals surface area contributed by atoms with Gasteiger partial charge in [0.2, 0.25) is 11.9 Å². The maximum atomic E-state index is 12.2. The number of benzene rings is 2. The van der Waals surface area contributed by atoms with E-state index >= 15 is 0 Å². The molecule has 8 heteroatoms. The Labute approximate surface area is 146 Å². The van der Waals surface area contributed by atoms with Gasteiger partial charge in [0.25, 0.3) is 5.91 Å². The van der Waals surface area contributed by atoms with Crippen LogP contribution in [0.25, 0.3) is 10.6 Å². The van der Waals surface area contributed by atoms with Crippen LogP contribution in [-0.2, 0) is 0 Å². The maximum absolute atomic E-state index is 12.2. The fraction of sp³-hybridized carbons (Fsp3) is 0.0625. The molecule has 1 aliphatic rings. The van der Waals surface area contributed by atoms with Gasteiger partial charge in [-0.25, -0.2) is 0 Å². The molecule has 0 bridgehead atoms. The van der Waals surface area contributed by atoms with Crippen molar-refractivity contribution >= 4 is 34.0 Å². The van der Waals surface area contributed by atoms with Gasteiger partial charge in [-0.05, 0) is 42.5 Å². The summed E-state index contributed by atoms with van der Waals surface area (Å²) >= 11 is 7.10. The average molecular weight is 360 g/mol. The lowest BCUT2D eigenvalue weighted by molar-refractivity contribution is 0.102. The van der Waals surface area contributed by atoms with Crippen LogP contribution in [0.5, 0.6) is 11.5 Å². The number of halogens is 1. The Hall–Kier alpha value is -2.64. The van der Waals surface area contributed by atoms with Gasteiger partial charge in [0.1, 0.15) is 5.01 Å². The fourth-order valence-electron chi connectivity index (χ4n) is 2.19. The van der Waals surface area contributed by atoms with Crippen LogP contribution in [0.2, 0.25) is 5.02 Å². The number of aromatic nitrogens is 2. The first kappa shape index (κ1) is 14.9. The van der Waals surface area contributed by atoms with Crippen LogP contribution in [-0.4, -0.2) is 22.9 Å². The minimum Gasteiger partial charge on any atom is -0.454 e. The minimum absolute atomic E-state index is 0.220. The summed E-state index contributed by atoms with van der Waals surface area (Å²) in [6.45, 7) is 0.220. The monoisotopic (exact) mass is 359 g/mol. The Balaban J connectivity index is 1.52. The largest absolute Gasteiger partial charge is 0.454 e. The Morgan fingerprint density at radius 3 is 2.71 bits per heavy atom. The van der Waals surface area contributed by atoms with E-state index in [1.807, 2.05) is 18.2 Å². The minimum atomic E-state index is -0.264. The Kier molecular flexibility index (Phi) is 3.79. The van der Waals surface area contributed by atoms with Crippen LogP contribution < -0.4 is 14.8 Å². The Morgan fingerprint density at radius 1 is 1.08 bits per heavy atom. The summed E-state index contributed by atoms with van der Waals surface area (Å²) in [7, 11) is 0. The Bertz CT molecular complexity index is 911. The third kappa shape index (κ3) is 2.91. The highest BCUT2D eigenvalue weighted by atomic mass is 35.5. The summed E-state index contributed by atoms with van der Waals surface area (Å²) in [5.74, 6) is 1.12. The third-order valence-corrected chi connectivity index (χ3v) is 4.51. The van der Waals surface area contributed by atoms with E-state index in [0.717, 1.165) is 5.56 Å². The molecule has 3 aromatic rings. The van der Waals surface area contributed by atoms with E-state index in [2.05, 4.69) is 15.5 Å². The zero-order valence-corrected chi connectivity index (χ0v) is 13.7. The van der Waals surface area contributed by atoms with Gasteiger partial charge in [0, 0.05) is 16.1 Å². The second kappa shape index (κ2) is 6.10. The molecule has 0 saturated carbocycles. The van der Waals surface area contributed by atoms with Crippen molar-refractivity contribution in [2.75, 3.05) is 12.1 Å². The Morgan fingerprint density at radius 2 is 1.88 bits per heavy atom. The van der Waals surface area contributed by atoms with Gasteiger partial charge in [0.15, 0.2) is 11.5 Å². The van der Waals surface area contributed by atoms with Crippen molar-refractivity contribution in [2.45, 2.75) is 0 Å². The zero-order valence-electron chi connectivity index (χ0n) is 12.2. The molecule has 4 rings (SSSR count). The van der Waals surface area contributed by atoms with E-state index in [4.69, 9.17) is 21.1 Å². The molecule has 0 atom stereocenters. The molecule has 120 valence electrons. The number of nitrogens with one attached hydrogen (secondary N) is 1. The second-order valence-corrected chi connectivity index (χ2v) is 6.36. The van der Waals surface area contributed by atoms with Gasteiger partial charge in [0.05, 0.1) is 0 Å². The van der Waals surface area contributed by atoms with Crippen molar-refractivity contribution < 1.29 is 14.3 Å². The number of hydrogen-bond acceptors (Lipinski definition) is 6. The van der Waals surface area contributed by atoms with E-state index in [1.165, 1.54) is 11.3 Å². The molecule has 2 aromatic carbocycles. The molecule has 6 nitrogen and oxygen atoms in total. The van der Waals surface area contributed by atoms with Crippen molar-refractivity contribution in [3.05, 3.63) is 53.1 Å². The van der Waals surface area contributed by atoms with E-state index in [9.17, 15) is 4.79 Å². The highest BCUT2D eigenvalue weighted by Crippen LogP contribution is 2.37. The molecular formula is C16H10ClN3O3S. The molecule has 0 unspecified atom stereocenters. The number of carbonyl (C=O) groups is 1. The summed E-state index contributed by atoms with van der Waals surface area (Å²) in [6, 6.07) is 12.2. The van der Waals surface area contributed by atoms with Crippen molar-refractivity contribution in [3.8, 4) is 22.1 Å². The van der Waals surface area contributed by atoms with Gasteiger partial charge < -0.3 is 9.47 Å². The predicted molar refractivity (Wildman–Crippen MR) is 90.9 cm³/mol. The quantitative estimate of drug-likeness (QED) is 0.769. The van der Waals surface area contributed by atoms with Crippen molar-refractivity contribution in [3.63, 3.8) is 0 Å². The van der Waals surface area contributed by atoms with E-state index in [1.54, 1.807) is 24.3 Å². The molecule has 0 saturated heterocycles. The number of fused-ring (bicyclic) bond motifs is 1. The fourth-order valence-corrected chi connectivity index (χ4v) is 3.05. The predicted octanol–water partition coefficient (Wildman–Crippen LogP) is 3.84. The summed E-state index contributed by atoms with van der Waals surface area (Å²) in [4.78, 5) is 12.2. The van der Waals surface area contributed by atoms with Crippen molar-refractivity contribution in [1.29, 1.82) is 0 Å². The smallest absolute Gasteiger partial charge is 0.257 e. The molecule has 1 aromatic heterocycles. The van der Waals surface area contributed by atoms with Crippen LogP contribution >= 0.6 is 22.9 Å². The van der Waals surface area contributed by atoms with Gasteiger partial charge in [-0.1, -0.05) is 22.9 Å². The second-order valence-electron chi connectivity index (χ2n) is 4.94. The molecular weight excluding hydrogens is 350 g/mol. The molecule has 0 spiro atoms. The summed E-state index contributed by atoms with van der Waals surface area (Å²) in [5.41, 5.74) is 1.35. The van der Waals surface area contributed by atoms with Gasteiger partial charge >= 0.3 is 0 Å². The SMILES string of the molecule is O=C(Nc1nnc(-c2ccc3c(c2)OCO3)s1)c1ccc(Cl)cc1. The van der Waals surface area contributed by atoms with Gasteiger partial charge in [-0.3, -0.25) is 10.1 Å². The van der Waals surface area contributed by atoms with Crippen LogP contribution in [0, 0.1) is 0 Å². The molecule has 0 fully saturated rings. The number of hydrogen-bond donors (Lipinski definition) is 1. The lowest BCUT2D eigenvalue weighted by atomic mass is 10.2. The highest BCUT2D eigenvalue weighted by molar-refractivity contribution is 7.18. The van der Waals surface area contributed by atoms with E-state index in [0.29, 0.717) is 32.2 Å². The van der Waals surface area contributed by atoms with Gasteiger partial charge in [-0.15, -0.1) is 10.2 Å². The summed E-state index contributed by atoms with van der Waals surface area (Å²) < 4.78 is 10.6. The van der Waals surface area contributed by atoms with Crippen LogP contribution in [0.4, 0.5) is 5.13 Å². The van der Waals surface area contributed by atoms with Crippen LogP contribution in [0.1, 0.15) is 10.4 Å². The molecule has 2 heterocycles. The molecule has 1 aliphatic heterocycles. The zero-order chi connectivity index (χ0) is 16.5. The molecule has 0 radical (unpaired) electrons. The summed E-state index contributed by atoms with van der Waals surface area (Å²) in [6.07, 6.45) is 0. The van der Waals surface area contributed by atoms with Crippen LogP contribution in [0.3, 0.4) is 0 Å². The first-order valence-electron chi connectivity index (χ1n) is 6.99. The summed E-state index contributed by atoms with van der Waals surface area (Å²) in [5, 5.41) is 12.5. The lowest BCUT2D eigenvalue weighted by Gasteiger charge is -2.01. The standard InChI is InChI=1S/C16H10ClN3O3S/c17-11-4-1-9(2-5-11)14(21)18-16-20-19-15(24-16)10-3-6-12-13(7-10)23-8-22-12/h1-7H,8H2,(H,18,20,21). The van der Waals surface area contributed by atoms with Crippen molar-refractivity contribution in [2.24, 2.45) is 0 Å². The molecule has 0 aliphatic carbocycles. The number of nitrogens with zero attached hydrogens (tertiary/aromatic N) is 2. The first-order chi connectivity index (χ1) is 11.7. The van der Waals surface area contributed by atoms with Gasteiger partial charge in [-0.2, -0.15) is 0 Å². The van der Waals surface area contributed by atoms with E-state index in [-0.39, 0.29) is 12.7 Å². The first-order valence-corrected chi connectivity index (χ1v) is 8.19. The van der Waals surface area contributed by atoms with Crippen LogP contribution in [0.15, 0.2) is 42.5 Å². The average Bonchev–Trinajstić information content (AvgIpc) is 3.23.